The van der Waals surface area contributed by atoms with Crippen LogP contribution < -0.4 is 0 Å². The summed E-state index contributed by atoms with van der Waals surface area (Å²) in [5, 5.41) is 1.00. The van der Waals surface area contributed by atoms with Gasteiger partial charge in [0.2, 0.25) is 0 Å². The Morgan fingerprint density at radius 1 is 1.33 bits per heavy atom. The van der Waals surface area contributed by atoms with E-state index < -0.39 is 0 Å². The van der Waals surface area contributed by atoms with Gasteiger partial charge in [0.15, 0.2) is 5.78 Å². The average Bonchev–Trinajstić information content (AvgIpc) is 2.43. The molecule has 0 saturated heterocycles. The van der Waals surface area contributed by atoms with Crippen LogP contribution in [-0.2, 0) is 4.74 Å². The molecule has 0 aliphatic heterocycles. The largest absolute Gasteiger partial charge is 0.385 e. The Labute approximate surface area is 107 Å². The van der Waals surface area contributed by atoms with Gasteiger partial charge < -0.3 is 4.74 Å². The first-order valence-electron chi connectivity index (χ1n) is 6.11. The number of ketones is 1. The van der Waals surface area contributed by atoms with Gasteiger partial charge in [0.25, 0.3) is 0 Å². The molecule has 0 radical (unpaired) electrons. The smallest absolute Gasteiger partial charge is 0.167 e. The molecule has 0 aliphatic rings. The molecular formula is C15H17NO2. The number of carbonyl (C=O) groups is 1. The number of nitrogens with zero attached hydrogens (tertiary/aromatic N) is 1. The fourth-order valence-electron chi connectivity index (χ4n) is 1.99. The second kappa shape index (κ2) is 5.74. The van der Waals surface area contributed by atoms with Gasteiger partial charge in [-0.05, 0) is 18.6 Å². The highest BCUT2D eigenvalue weighted by Crippen LogP contribution is 2.20. The molecule has 0 saturated carbocycles. The van der Waals surface area contributed by atoms with Crippen LogP contribution in [0.15, 0.2) is 36.5 Å². The number of fused-ring (bicyclic) bond motifs is 1. The Balaban J connectivity index is 2.33. The predicted octanol–water partition coefficient (Wildman–Crippen LogP) is 3.09. The molecule has 1 unspecified atom stereocenters. The van der Waals surface area contributed by atoms with Gasteiger partial charge in [0.05, 0.1) is 5.52 Å². The molecule has 0 amide bonds. The quantitative estimate of drug-likeness (QED) is 0.757. The minimum Gasteiger partial charge on any atom is -0.385 e. The summed E-state index contributed by atoms with van der Waals surface area (Å²) in [6, 6.07) is 9.57. The fourth-order valence-corrected chi connectivity index (χ4v) is 1.99. The summed E-state index contributed by atoms with van der Waals surface area (Å²) in [6.07, 6.45) is 2.46. The highest BCUT2D eigenvalue weighted by atomic mass is 16.5. The predicted molar refractivity (Wildman–Crippen MR) is 71.7 cm³/mol. The van der Waals surface area contributed by atoms with Gasteiger partial charge in [0.1, 0.15) is 0 Å². The van der Waals surface area contributed by atoms with Gasteiger partial charge in [-0.2, -0.15) is 0 Å². The Kier molecular flexibility index (Phi) is 4.05. The molecule has 0 bridgehead atoms. The lowest BCUT2D eigenvalue weighted by Gasteiger charge is -2.11. The molecule has 0 aliphatic carbocycles. The average molecular weight is 243 g/mol. The van der Waals surface area contributed by atoms with Gasteiger partial charge in [0, 0.05) is 36.8 Å². The van der Waals surface area contributed by atoms with E-state index in [0.717, 1.165) is 17.3 Å². The standard InChI is InChI=1S/C15H17NO2/c1-11(8-10-18-2)15(17)13-7-3-5-12-6-4-9-16-14(12)13/h3-7,9,11H,8,10H2,1-2H3. The van der Waals surface area contributed by atoms with E-state index in [1.807, 2.05) is 37.3 Å². The summed E-state index contributed by atoms with van der Waals surface area (Å²) < 4.78 is 5.02. The van der Waals surface area contributed by atoms with Crippen molar-refractivity contribution in [3.63, 3.8) is 0 Å². The number of para-hydroxylation sites is 1. The van der Waals surface area contributed by atoms with Gasteiger partial charge in [-0.1, -0.05) is 25.1 Å². The molecule has 1 atom stereocenters. The van der Waals surface area contributed by atoms with Crippen LogP contribution in [0.25, 0.3) is 10.9 Å². The normalized spacial score (nSPS) is 12.6. The number of hydrogen-bond acceptors (Lipinski definition) is 3. The number of carbonyl (C=O) groups excluding carboxylic acids is 1. The lowest BCUT2D eigenvalue weighted by atomic mass is 9.95. The lowest BCUT2D eigenvalue weighted by Crippen LogP contribution is -2.14. The van der Waals surface area contributed by atoms with Crippen LogP contribution >= 0.6 is 0 Å². The van der Waals surface area contributed by atoms with Crippen LogP contribution in [-0.4, -0.2) is 24.5 Å². The van der Waals surface area contributed by atoms with E-state index in [4.69, 9.17) is 4.74 Å². The van der Waals surface area contributed by atoms with Gasteiger partial charge >= 0.3 is 0 Å². The zero-order valence-corrected chi connectivity index (χ0v) is 10.7. The van der Waals surface area contributed by atoms with E-state index >= 15 is 0 Å². The SMILES string of the molecule is COCCC(C)C(=O)c1cccc2cccnc12. The van der Waals surface area contributed by atoms with E-state index in [1.54, 1.807) is 13.3 Å². The molecule has 1 aromatic carbocycles. The van der Waals surface area contributed by atoms with Crippen LogP contribution in [0.1, 0.15) is 23.7 Å². The van der Waals surface area contributed by atoms with Crippen molar-refractivity contribution in [2.75, 3.05) is 13.7 Å². The molecular weight excluding hydrogens is 226 g/mol. The Morgan fingerprint density at radius 2 is 2.11 bits per heavy atom. The first kappa shape index (κ1) is 12.7. The second-order valence-electron chi connectivity index (χ2n) is 4.43. The second-order valence-corrected chi connectivity index (χ2v) is 4.43. The van der Waals surface area contributed by atoms with Gasteiger partial charge in [-0.15, -0.1) is 0 Å². The molecule has 2 rings (SSSR count). The Bertz CT molecular complexity index is 546. The summed E-state index contributed by atoms with van der Waals surface area (Å²) in [6.45, 7) is 2.54. The molecule has 1 aromatic heterocycles. The van der Waals surface area contributed by atoms with Crippen molar-refractivity contribution in [1.29, 1.82) is 0 Å². The van der Waals surface area contributed by atoms with E-state index in [1.165, 1.54) is 0 Å². The summed E-state index contributed by atoms with van der Waals surface area (Å²) in [5.74, 6) is 0.0916. The van der Waals surface area contributed by atoms with E-state index in [0.29, 0.717) is 12.2 Å². The zero-order chi connectivity index (χ0) is 13.0. The maximum Gasteiger partial charge on any atom is 0.167 e. The van der Waals surface area contributed by atoms with E-state index in [2.05, 4.69) is 4.98 Å². The first-order valence-corrected chi connectivity index (χ1v) is 6.11. The van der Waals surface area contributed by atoms with Crippen LogP contribution in [0, 0.1) is 5.92 Å². The molecule has 0 fully saturated rings. The lowest BCUT2D eigenvalue weighted by molar-refractivity contribution is 0.0895. The summed E-state index contributed by atoms with van der Waals surface area (Å²) in [4.78, 5) is 16.7. The highest BCUT2D eigenvalue weighted by Gasteiger charge is 2.17. The van der Waals surface area contributed by atoms with Crippen LogP contribution in [0.2, 0.25) is 0 Å². The fraction of sp³-hybridized carbons (Fsp3) is 0.333. The minimum atomic E-state index is -0.0439. The number of aromatic nitrogens is 1. The van der Waals surface area contributed by atoms with Crippen molar-refractivity contribution in [1.82, 2.24) is 4.98 Å². The third-order valence-electron chi connectivity index (χ3n) is 3.10. The van der Waals surface area contributed by atoms with Crippen molar-refractivity contribution < 1.29 is 9.53 Å². The van der Waals surface area contributed by atoms with Crippen molar-refractivity contribution >= 4 is 16.7 Å². The topological polar surface area (TPSA) is 39.2 Å². The molecule has 3 nitrogen and oxygen atoms in total. The number of Topliss-reactive ketones (excluding diaryl/α,β-unsaturated/α-hetero) is 1. The number of pyridine rings is 1. The number of ether oxygens (including phenoxy) is 1. The van der Waals surface area contributed by atoms with Crippen molar-refractivity contribution in [3.05, 3.63) is 42.1 Å². The summed E-state index contributed by atoms with van der Waals surface area (Å²) in [7, 11) is 1.65. The van der Waals surface area contributed by atoms with E-state index in [9.17, 15) is 4.79 Å². The van der Waals surface area contributed by atoms with Crippen LogP contribution in [0.3, 0.4) is 0 Å². The molecule has 94 valence electrons. The third kappa shape index (κ3) is 2.57. The maximum absolute atomic E-state index is 12.4. The molecule has 0 N–H and O–H groups in total. The highest BCUT2D eigenvalue weighted by molar-refractivity contribution is 6.07. The Morgan fingerprint density at radius 3 is 2.89 bits per heavy atom. The number of benzene rings is 1. The van der Waals surface area contributed by atoms with Crippen molar-refractivity contribution in [2.24, 2.45) is 5.92 Å². The molecule has 2 aromatic rings. The van der Waals surface area contributed by atoms with Crippen LogP contribution in [0.4, 0.5) is 0 Å². The molecule has 1 heterocycles. The third-order valence-corrected chi connectivity index (χ3v) is 3.10. The van der Waals surface area contributed by atoms with Crippen LogP contribution in [0.5, 0.6) is 0 Å². The number of hydrogen-bond donors (Lipinski definition) is 0. The molecule has 18 heavy (non-hydrogen) atoms. The van der Waals surface area contributed by atoms with Crippen molar-refractivity contribution in [2.45, 2.75) is 13.3 Å². The minimum absolute atomic E-state index is 0.0439. The Hall–Kier alpha value is -1.74. The number of methoxy groups -OCH3 is 1. The summed E-state index contributed by atoms with van der Waals surface area (Å²) >= 11 is 0. The van der Waals surface area contributed by atoms with E-state index in [-0.39, 0.29) is 11.7 Å². The first-order chi connectivity index (χ1) is 8.74. The van der Waals surface area contributed by atoms with Gasteiger partial charge in [-0.25, -0.2) is 0 Å². The molecule has 0 spiro atoms. The number of rotatable bonds is 5. The van der Waals surface area contributed by atoms with Gasteiger partial charge in [-0.3, -0.25) is 9.78 Å². The monoisotopic (exact) mass is 243 g/mol. The van der Waals surface area contributed by atoms with Crippen molar-refractivity contribution in [3.8, 4) is 0 Å². The maximum atomic E-state index is 12.4. The zero-order valence-electron chi connectivity index (χ0n) is 10.7. The summed E-state index contributed by atoms with van der Waals surface area (Å²) in [5.41, 5.74) is 1.49. The molecule has 3 heteroatoms.